The fraction of sp³-hybridized carbons (Fsp3) is 0.240. The van der Waals surface area contributed by atoms with Crippen LogP contribution in [0.15, 0.2) is 66.7 Å². The van der Waals surface area contributed by atoms with Gasteiger partial charge in [0.15, 0.2) is 23.0 Å². The Bertz CT molecular complexity index is 1120. The quantitative estimate of drug-likeness (QED) is 0.534. The molecule has 0 radical (unpaired) electrons. The van der Waals surface area contributed by atoms with E-state index in [2.05, 4.69) is 0 Å². The lowest BCUT2D eigenvalue weighted by atomic mass is 10.1. The van der Waals surface area contributed by atoms with Gasteiger partial charge in [-0.3, -0.25) is 4.79 Å². The van der Waals surface area contributed by atoms with E-state index >= 15 is 0 Å². The highest BCUT2D eigenvalue weighted by Crippen LogP contribution is 2.42. The Balaban J connectivity index is 1.37. The largest absolute Gasteiger partial charge is 0.493 e. The second-order valence-electron chi connectivity index (χ2n) is 7.47. The zero-order valence-corrected chi connectivity index (χ0v) is 18.5. The minimum Gasteiger partial charge on any atom is -0.493 e. The van der Waals surface area contributed by atoms with Gasteiger partial charge in [-0.05, 0) is 41.5 Å². The molecule has 0 aromatic heterocycles. The number of benzene rings is 3. The first-order chi connectivity index (χ1) is 15.7. The molecule has 1 atom stereocenters. The maximum Gasteiger partial charge on any atom is 0.255 e. The Morgan fingerprint density at radius 3 is 2.72 bits per heavy atom. The van der Waals surface area contributed by atoms with E-state index in [0.29, 0.717) is 41.7 Å². The van der Waals surface area contributed by atoms with Gasteiger partial charge >= 0.3 is 0 Å². The Kier molecular flexibility index (Phi) is 5.81. The summed E-state index contributed by atoms with van der Waals surface area (Å²) in [7, 11) is 1.63. The van der Waals surface area contributed by atoms with Crippen molar-refractivity contribution in [3.63, 3.8) is 0 Å². The Morgan fingerprint density at radius 1 is 1.03 bits per heavy atom. The summed E-state index contributed by atoms with van der Waals surface area (Å²) in [5.74, 6) is 3.45. The average Bonchev–Trinajstić information content (AvgIpc) is 3.52. The number of ether oxygens (including phenoxy) is 4. The van der Waals surface area contributed by atoms with E-state index in [1.54, 1.807) is 37.1 Å². The van der Waals surface area contributed by atoms with Crippen LogP contribution in [-0.2, 0) is 6.61 Å². The standard InChI is InChI=1S/C25H23NO5S/c1-28-20-9-8-19(14-22(20)29-15-17-5-3-2-4-6-17)25-26(11-12-32-25)24(27)18-7-10-21-23(13-18)31-16-30-21/h2-10,13-14,25H,11-12,15-16H2,1H3. The summed E-state index contributed by atoms with van der Waals surface area (Å²) in [6, 6.07) is 21.2. The number of fused-ring (bicyclic) bond motifs is 1. The maximum absolute atomic E-state index is 13.3. The van der Waals surface area contributed by atoms with Gasteiger partial charge in [0.2, 0.25) is 6.79 Å². The molecule has 0 saturated carbocycles. The lowest BCUT2D eigenvalue weighted by Gasteiger charge is -2.25. The first-order valence-electron chi connectivity index (χ1n) is 10.4. The summed E-state index contributed by atoms with van der Waals surface area (Å²) in [5.41, 5.74) is 2.68. The predicted octanol–water partition coefficient (Wildman–Crippen LogP) is 4.89. The summed E-state index contributed by atoms with van der Waals surface area (Å²) in [6.07, 6.45) is 0. The van der Waals surface area contributed by atoms with Crippen molar-refractivity contribution >= 4 is 17.7 Å². The monoisotopic (exact) mass is 449 g/mol. The molecule has 0 bridgehead atoms. The van der Waals surface area contributed by atoms with Crippen LogP contribution in [-0.4, -0.2) is 37.0 Å². The van der Waals surface area contributed by atoms with E-state index in [9.17, 15) is 4.79 Å². The number of hydrogen-bond acceptors (Lipinski definition) is 6. The Hall–Kier alpha value is -3.32. The zero-order chi connectivity index (χ0) is 21.9. The van der Waals surface area contributed by atoms with Crippen LogP contribution in [0.1, 0.15) is 26.9 Å². The molecular formula is C25H23NO5S. The lowest BCUT2D eigenvalue weighted by Crippen LogP contribution is -2.30. The lowest BCUT2D eigenvalue weighted by molar-refractivity contribution is 0.0759. The van der Waals surface area contributed by atoms with Gasteiger partial charge in [-0.2, -0.15) is 0 Å². The minimum atomic E-state index is -0.0992. The van der Waals surface area contributed by atoms with Crippen LogP contribution in [0.3, 0.4) is 0 Å². The molecule has 32 heavy (non-hydrogen) atoms. The van der Waals surface area contributed by atoms with Crippen molar-refractivity contribution in [2.75, 3.05) is 26.2 Å². The van der Waals surface area contributed by atoms with Gasteiger partial charge < -0.3 is 23.8 Å². The fourth-order valence-electron chi connectivity index (χ4n) is 3.84. The molecule has 164 valence electrons. The summed E-state index contributed by atoms with van der Waals surface area (Å²) in [5, 5.41) is -0.0992. The van der Waals surface area contributed by atoms with E-state index in [4.69, 9.17) is 18.9 Å². The van der Waals surface area contributed by atoms with E-state index in [-0.39, 0.29) is 18.1 Å². The summed E-state index contributed by atoms with van der Waals surface area (Å²) in [6.45, 7) is 1.31. The molecule has 2 heterocycles. The topological polar surface area (TPSA) is 57.2 Å². The molecule has 7 heteroatoms. The number of hydrogen-bond donors (Lipinski definition) is 0. The van der Waals surface area contributed by atoms with Crippen LogP contribution in [0.5, 0.6) is 23.0 Å². The van der Waals surface area contributed by atoms with Gasteiger partial charge in [-0.25, -0.2) is 0 Å². The molecule has 0 spiro atoms. The van der Waals surface area contributed by atoms with Crippen molar-refractivity contribution in [2.24, 2.45) is 0 Å². The number of amides is 1. The third kappa shape index (κ3) is 4.08. The van der Waals surface area contributed by atoms with E-state index in [1.165, 1.54) is 0 Å². The Morgan fingerprint density at radius 2 is 1.88 bits per heavy atom. The average molecular weight is 450 g/mol. The smallest absolute Gasteiger partial charge is 0.255 e. The van der Waals surface area contributed by atoms with Crippen LogP contribution < -0.4 is 18.9 Å². The van der Waals surface area contributed by atoms with E-state index in [0.717, 1.165) is 16.9 Å². The SMILES string of the molecule is COc1ccc(C2SCCN2C(=O)c2ccc3c(c2)OCO3)cc1OCc1ccccc1. The summed E-state index contributed by atoms with van der Waals surface area (Å²) < 4.78 is 22.4. The van der Waals surface area contributed by atoms with Crippen molar-refractivity contribution in [1.29, 1.82) is 0 Å². The zero-order valence-electron chi connectivity index (χ0n) is 17.7. The van der Waals surface area contributed by atoms with E-state index in [1.807, 2.05) is 53.4 Å². The van der Waals surface area contributed by atoms with Crippen molar-refractivity contribution in [3.8, 4) is 23.0 Å². The summed E-state index contributed by atoms with van der Waals surface area (Å²) >= 11 is 1.74. The molecule has 0 N–H and O–H groups in total. The molecule has 1 fully saturated rings. The molecule has 1 unspecified atom stereocenters. The fourth-order valence-corrected chi connectivity index (χ4v) is 5.09. The number of carbonyl (C=O) groups is 1. The van der Waals surface area contributed by atoms with Gasteiger partial charge in [0, 0.05) is 17.9 Å². The molecule has 1 amide bonds. The first kappa shape index (κ1) is 20.6. The van der Waals surface area contributed by atoms with E-state index < -0.39 is 0 Å². The summed E-state index contributed by atoms with van der Waals surface area (Å²) in [4.78, 5) is 15.2. The van der Waals surface area contributed by atoms with Gasteiger partial charge in [-0.1, -0.05) is 36.4 Å². The number of methoxy groups -OCH3 is 1. The molecular weight excluding hydrogens is 426 g/mol. The number of nitrogens with zero attached hydrogens (tertiary/aromatic N) is 1. The van der Waals surface area contributed by atoms with Crippen LogP contribution >= 0.6 is 11.8 Å². The molecule has 3 aromatic carbocycles. The van der Waals surface area contributed by atoms with Gasteiger partial charge in [0.1, 0.15) is 12.0 Å². The minimum absolute atomic E-state index is 0.0270. The van der Waals surface area contributed by atoms with Crippen molar-refractivity contribution in [2.45, 2.75) is 12.0 Å². The molecule has 0 aliphatic carbocycles. The highest BCUT2D eigenvalue weighted by atomic mass is 32.2. The van der Waals surface area contributed by atoms with Crippen LogP contribution in [0.4, 0.5) is 0 Å². The third-order valence-corrected chi connectivity index (χ3v) is 6.74. The van der Waals surface area contributed by atoms with Crippen molar-refractivity contribution < 1.29 is 23.7 Å². The number of thioether (sulfide) groups is 1. The second kappa shape index (κ2) is 9.04. The van der Waals surface area contributed by atoms with Gasteiger partial charge in [0.05, 0.1) is 7.11 Å². The highest BCUT2D eigenvalue weighted by molar-refractivity contribution is 7.99. The van der Waals surface area contributed by atoms with Crippen LogP contribution in [0.25, 0.3) is 0 Å². The Labute approximate surface area is 191 Å². The third-order valence-electron chi connectivity index (χ3n) is 5.48. The van der Waals surface area contributed by atoms with Crippen LogP contribution in [0, 0.1) is 0 Å². The second-order valence-corrected chi connectivity index (χ2v) is 8.66. The van der Waals surface area contributed by atoms with Crippen molar-refractivity contribution in [1.82, 2.24) is 4.90 Å². The molecule has 2 aliphatic heterocycles. The van der Waals surface area contributed by atoms with Crippen molar-refractivity contribution in [3.05, 3.63) is 83.4 Å². The predicted molar refractivity (Wildman–Crippen MR) is 123 cm³/mol. The number of rotatable bonds is 6. The van der Waals surface area contributed by atoms with Gasteiger partial charge in [0.25, 0.3) is 5.91 Å². The maximum atomic E-state index is 13.3. The molecule has 2 aliphatic rings. The highest BCUT2D eigenvalue weighted by Gasteiger charge is 2.32. The van der Waals surface area contributed by atoms with Crippen LogP contribution in [0.2, 0.25) is 0 Å². The van der Waals surface area contributed by atoms with Gasteiger partial charge in [-0.15, -0.1) is 11.8 Å². The molecule has 6 nitrogen and oxygen atoms in total. The normalized spacial score (nSPS) is 16.8. The molecule has 3 aromatic rings. The molecule has 1 saturated heterocycles. The molecule has 5 rings (SSSR count). The first-order valence-corrected chi connectivity index (χ1v) is 11.4. The number of carbonyl (C=O) groups excluding carboxylic acids is 1.